The smallest absolute Gasteiger partial charge is 0.164 e. The summed E-state index contributed by atoms with van der Waals surface area (Å²) in [6.07, 6.45) is 4.96. The van der Waals surface area contributed by atoms with Crippen molar-refractivity contribution < 1.29 is 30.0 Å². The number of nitrogens with zero attached hydrogens (tertiary/aromatic N) is 1. The number of aromatic nitrogens is 1. The van der Waals surface area contributed by atoms with Crippen molar-refractivity contribution in [3.8, 4) is 33.5 Å². The van der Waals surface area contributed by atoms with Gasteiger partial charge in [0.1, 0.15) is 5.76 Å². The topological polar surface area (TPSA) is 50.2 Å². The number of aliphatic hydroxyl groups is 1. The fraction of sp³-hybridized carbons (Fsp3) is 0.348. The van der Waals surface area contributed by atoms with Crippen LogP contribution in [0.2, 0.25) is 0 Å². The molecule has 0 aliphatic heterocycles. The molecule has 0 bridgehead atoms. The molecule has 1 N–H and O–H groups in total. The predicted molar refractivity (Wildman–Crippen MR) is 205 cm³/mol. The molecule has 4 aromatic carbocycles. The fourth-order valence-corrected chi connectivity index (χ4v) is 7.46. The van der Waals surface area contributed by atoms with Crippen molar-refractivity contribution in [1.82, 2.24) is 4.98 Å². The molecule has 1 aromatic heterocycles. The SMILES string of the molecule is CC1(C)c2c[c-]c(-c3nccc4c3C(C)(C)c3c-4ccc4ccccc34)cc2-c2ccccc21.CCC(C)(C)C(=O)/C=C(\O)C(C)(C)CC.[Ir]. The molecule has 50 heavy (non-hydrogen) atoms. The summed E-state index contributed by atoms with van der Waals surface area (Å²) in [7, 11) is 0. The van der Waals surface area contributed by atoms with Crippen LogP contribution in [0, 0.1) is 16.9 Å². The van der Waals surface area contributed by atoms with Crippen molar-refractivity contribution in [3.63, 3.8) is 0 Å². The summed E-state index contributed by atoms with van der Waals surface area (Å²) in [5, 5.41) is 12.5. The van der Waals surface area contributed by atoms with Crippen molar-refractivity contribution >= 4 is 16.6 Å². The molecule has 261 valence electrons. The third-order valence-corrected chi connectivity index (χ3v) is 11.6. The van der Waals surface area contributed by atoms with E-state index in [0.29, 0.717) is 0 Å². The van der Waals surface area contributed by atoms with Crippen LogP contribution in [0.15, 0.2) is 96.9 Å². The van der Waals surface area contributed by atoms with E-state index in [-0.39, 0.29) is 53.3 Å². The average Bonchev–Trinajstić information content (AvgIpc) is 3.48. The third kappa shape index (κ3) is 6.09. The van der Waals surface area contributed by atoms with E-state index in [9.17, 15) is 9.90 Å². The van der Waals surface area contributed by atoms with Crippen molar-refractivity contribution in [3.05, 3.63) is 125 Å². The maximum absolute atomic E-state index is 11.8. The molecule has 1 heterocycles. The van der Waals surface area contributed by atoms with Gasteiger partial charge in [0.2, 0.25) is 0 Å². The summed E-state index contributed by atoms with van der Waals surface area (Å²) in [5.41, 5.74) is 12.0. The van der Waals surface area contributed by atoms with Crippen LogP contribution in [0.3, 0.4) is 0 Å². The zero-order chi connectivity index (χ0) is 35.5. The van der Waals surface area contributed by atoms with Gasteiger partial charge in [0.15, 0.2) is 5.78 Å². The van der Waals surface area contributed by atoms with Crippen LogP contribution in [0.4, 0.5) is 0 Å². The number of fused-ring (bicyclic) bond motifs is 8. The number of carbonyl (C=O) groups excluding carboxylic acids is 1. The molecule has 4 heteroatoms. The Labute approximate surface area is 312 Å². The van der Waals surface area contributed by atoms with Gasteiger partial charge in [-0.3, -0.25) is 4.79 Å². The second-order valence-corrected chi connectivity index (χ2v) is 16.1. The van der Waals surface area contributed by atoms with Crippen molar-refractivity contribution in [2.75, 3.05) is 0 Å². The normalized spacial score (nSPS) is 15.2. The van der Waals surface area contributed by atoms with Crippen LogP contribution < -0.4 is 0 Å². The first kappa shape index (κ1) is 37.4. The summed E-state index contributed by atoms with van der Waals surface area (Å²) < 4.78 is 0. The minimum absolute atomic E-state index is 0. The van der Waals surface area contributed by atoms with Gasteiger partial charge in [0, 0.05) is 48.6 Å². The first-order valence-electron chi connectivity index (χ1n) is 17.7. The van der Waals surface area contributed by atoms with Gasteiger partial charge < -0.3 is 10.1 Å². The Balaban J connectivity index is 0.000000261. The van der Waals surface area contributed by atoms with Crippen molar-refractivity contribution in [2.45, 2.75) is 92.9 Å². The van der Waals surface area contributed by atoms with Crippen LogP contribution in [-0.4, -0.2) is 15.9 Å². The minimum Gasteiger partial charge on any atom is -0.512 e. The number of hydrogen-bond acceptors (Lipinski definition) is 3. The molecule has 0 unspecified atom stereocenters. The molecule has 0 atom stereocenters. The summed E-state index contributed by atoms with van der Waals surface area (Å²) >= 11 is 0. The van der Waals surface area contributed by atoms with Gasteiger partial charge in [0.05, 0.1) is 0 Å². The maximum atomic E-state index is 11.8. The number of rotatable bonds is 6. The Bertz CT molecular complexity index is 2130. The minimum atomic E-state index is -0.377. The molecule has 1 radical (unpaired) electrons. The first-order chi connectivity index (χ1) is 23.1. The van der Waals surface area contributed by atoms with Crippen LogP contribution in [0.1, 0.15) is 104 Å². The number of hydrogen-bond donors (Lipinski definition) is 1. The number of aliphatic hydroxyl groups excluding tert-OH is 1. The molecular formula is C46H50IrNO2-. The van der Waals surface area contributed by atoms with Gasteiger partial charge in [-0.15, -0.1) is 29.3 Å². The molecular weight excluding hydrogens is 791 g/mol. The molecule has 0 saturated heterocycles. The number of ketones is 1. The van der Waals surface area contributed by atoms with Crippen LogP contribution in [-0.2, 0) is 35.7 Å². The van der Waals surface area contributed by atoms with Gasteiger partial charge in [-0.1, -0.05) is 135 Å². The Kier molecular flexibility index (Phi) is 10.00. The van der Waals surface area contributed by atoms with E-state index in [2.05, 4.69) is 113 Å². The van der Waals surface area contributed by atoms with E-state index in [4.69, 9.17) is 4.98 Å². The predicted octanol–water partition coefficient (Wildman–Crippen LogP) is 12.2. The Hall–Kier alpha value is -3.85. The largest absolute Gasteiger partial charge is 0.512 e. The van der Waals surface area contributed by atoms with E-state index in [0.717, 1.165) is 24.1 Å². The summed E-state index contributed by atoms with van der Waals surface area (Å²) in [6.45, 7) is 21.0. The Morgan fingerprint density at radius 3 is 2.10 bits per heavy atom. The zero-order valence-electron chi connectivity index (χ0n) is 31.2. The molecule has 0 spiro atoms. The quantitative estimate of drug-likeness (QED) is 0.105. The molecule has 5 aromatic rings. The van der Waals surface area contributed by atoms with E-state index in [1.165, 1.54) is 61.4 Å². The Morgan fingerprint density at radius 1 is 0.760 bits per heavy atom. The van der Waals surface area contributed by atoms with Gasteiger partial charge in [-0.2, -0.15) is 0 Å². The zero-order valence-corrected chi connectivity index (χ0v) is 33.6. The second-order valence-electron chi connectivity index (χ2n) is 16.1. The van der Waals surface area contributed by atoms with E-state index in [1.54, 1.807) is 0 Å². The Morgan fingerprint density at radius 2 is 1.40 bits per heavy atom. The number of pyridine rings is 1. The van der Waals surface area contributed by atoms with Gasteiger partial charge in [-0.25, -0.2) is 0 Å². The molecule has 0 fully saturated rings. The molecule has 3 nitrogen and oxygen atoms in total. The van der Waals surface area contributed by atoms with Crippen molar-refractivity contribution in [2.24, 2.45) is 10.8 Å². The monoisotopic (exact) mass is 841 g/mol. The van der Waals surface area contributed by atoms with Gasteiger partial charge >= 0.3 is 0 Å². The van der Waals surface area contributed by atoms with Crippen LogP contribution in [0.25, 0.3) is 44.3 Å². The summed E-state index contributed by atoms with van der Waals surface area (Å²) in [5.74, 6) is 0.195. The summed E-state index contributed by atoms with van der Waals surface area (Å²) in [4.78, 5) is 16.8. The van der Waals surface area contributed by atoms with E-state index < -0.39 is 0 Å². The summed E-state index contributed by atoms with van der Waals surface area (Å²) in [6, 6.07) is 32.4. The van der Waals surface area contributed by atoms with E-state index >= 15 is 0 Å². The molecule has 0 amide bonds. The van der Waals surface area contributed by atoms with E-state index in [1.807, 2.05) is 47.7 Å². The molecule has 0 saturated carbocycles. The van der Waals surface area contributed by atoms with Crippen molar-refractivity contribution in [1.29, 1.82) is 0 Å². The fourth-order valence-electron chi connectivity index (χ4n) is 7.46. The van der Waals surface area contributed by atoms with Gasteiger partial charge in [-0.05, 0) is 74.2 Å². The standard InChI is InChI=1S/C33H26N.C13H24O2.Ir/c1-32(2)27-12-8-7-11-23(27)26-19-21(14-16-28(26)32)31-30-25(17-18-34-31)24-15-13-20-9-5-6-10-22(20)29(24)33(30,3)4;1-7-12(3,4)10(14)9-11(15)13(5,6)8-2;/h5-13,15-19H,1-4H3;9,14H,7-8H2,1-6H3;/q-1;;/b;10-9-;. The molecule has 2 aliphatic rings. The first-order valence-corrected chi connectivity index (χ1v) is 17.7. The number of carbonyl (C=O) groups is 1. The third-order valence-electron chi connectivity index (χ3n) is 11.6. The van der Waals surface area contributed by atoms with Crippen LogP contribution >= 0.6 is 0 Å². The van der Waals surface area contributed by atoms with Gasteiger partial charge in [0.25, 0.3) is 0 Å². The molecule has 7 rings (SSSR count). The number of allylic oxidation sites excluding steroid dienone is 2. The number of benzene rings is 4. The average molecular weight is 841 g/mol. The van der Waals surface area contributed by atoms with Crippen LogP contribution in [0.5, 0.6) is 0 Å². The molecule has 2 aliphatic carbocycles. The second kappa shape index (κ2) is 13.4. The maximum Gasteiger partial charge on any atom is 0.164 e.